The lowest BCUT2D eigenvalue weighted by Gasteiger charge is -2.25. The molecule has 1 heterocycles. The Kier molecular flexibility index (Phi) is 8.02. The zero-order chi connectivity index (χ0) is 26.8. The van der Waals surface area contributed by atoms with E-state index in [2.05, 4.69) is 6.07 Å². The number of hydrogen-bond acceptors (Lipinski definition) is 4. The van der Waals surface area contributed by atoms with E-state index < -0.39 is 11.6 Å². The maximum absolute atomic E-state index is 14.8. The highest BCUT2D eigenvalue weighted by Crippen LogP contribution is 2.42. The van der Waals surface area contributed by atoms with E-state index >= 15 is 0 Å². The third-order valence-electron chi connectivity index (χ3n) is 6.68. The summed E-state index contributed by atoms with van der Waals surface area (Å²) in [6.07, 6.45) is 2.63. The Hall–Kier alpha value is -2.94. The van der Waals surface area contributed by atoms with Gasteiger partial charge < -0.3 is 9.84 Å². The predicted octanol–water partition coefficient (Wildman–Crippen LogP) is 7.38. The van der Waals surface area contributed by atoms with Gasteiger partial charge in [-0.1, -0.05) is 35.5 Å². The summed E-state index contributed by atoms with van der Waals surface area (Å²) in [5.74, 6) is -1.76. The van der Waals surface area contributed by atoms with Crippen molar-refractivity contribution in [3.8, 4) is 11.4 Å². The molecule has 0 amide bonds. The van der Waals surface area contributed by atoms with E-state index in [4.69, 9.17) is 26.4 Å². The summed E-state index contributed by atoms with van der Waals surface area (Å²) in [5, 5.41) is 10.2. The van der Waals surface area contributed by atoms with Crippen molar-refractivity contribution < 1.29 is 23.0 Å². The highest BCUT2D eigenvalue weighted by molar-refractivity contribution is 7.98. The Morgan fingerprint density at radius 2 is 1.82 bits per heavy atom. The van der Waals surface area contributed by atoms with Gasteiger partial charge >= 0.3 is 0 Å². The Labute approximate surface area is 228 Å². The van der Waals surface area contributed by atoms with E-state index in [-0.39, 0.29) is 42.0 Å². The van der Waals surface area contributed by atoms with E-state index in [1.54, 1.807) is 12.1 Å². The first-order valence-corrected chi connectivity index (χ1v) is 13.7. The zero-order valence-corrected chi connectivity index (χ0v) is 22.3. The van der Waals surface area contributed by atoms with Crippen LogP contribution in [0.25, 0.3) is 5.69 Å². The van der Waals surface area contributed by atoms with E-state index in [1.165, 1.54) is 23.9 Å². The molecular formula is C29H26ClF3N2O2S. The van der Waals surface area contributed by atoms with Crippen molar-refractivity contribution in [1.82, 2.24) is 9.55 Å². The average molecular weight is 559 g/mol. The van der Waals surface area contributed by atoms with E-state index in [0.717, 1.165) is 59.6 Å². The van der Waals surface area contributed by atoms with Crippen LogP contribution in [0.3, 0.4) is 0 Å². The maximum atomic E-state index is 14.8. The number of thioether (sulfide) groups is 1. The molecule has 1 aliphatic rings. The lowest BCUT2D eigenvalue weighted by Crippen LogP contribution is -2.15. The second-order valence-corrected chi connectivity index (χ2v) is 10.6. The van der Waals surface area contributed by atoms with Gasteiger partial charge in [-0.2, -0.15) is 0 Å². The molecule has 0 radical (unpaired) electrons. The molecule has 4 nitrogen and oxygen atoms in total. The SMILES string of the molecule is Cc1cc(C2CCCc3nc(SCc4c(F)cc(OCCO)cc4F)n(-c4ccc(F)cc4)c32)ccc1Cl. The van der Waals surface area contributed by atoms with Crippen LogP contribution in [-0.4, -0.2) is 27.9 Å². The number of imidazole rings is 1. The van der Waals surface area contributed by atoms with Crippen LogP contribution in [0.15, 0.2) is 59.8 Å². The highest BCUT2D eigenvalue weighted by Gasteiger charge is 2.30. The number of ether oxygens (including phenoxy) is 1. The van der Waals surface area contributed by atoms with E-state index in [0.29, 0.717) is 10.2 Å². The molecule has 1 unspecified atom stereocenters. The zero-order valence-electron chi connectivity index (χ0n) is 20.7. The number of rotatable bonds is 8. The second-order valence-electron chi connectivity index (χ2n) is 9.22. The van der Waals surface area contributed by atoms with Crippen LogP contribution in [0.2, 0.25) is 5.02 Å². The number of aliphatic hydroxyl groups is 1. The number of aliphatic hydroxyl groups excluding tert-OH is 1. The van der Waals surface area contributed by atoms with Gasteiger partial charge in [-0.3, -0.25) is 4.57 Å². The monoisotopic (exact) mass is 558 g/mol. The molecular weight excluding hydrogens is 533 g/mol. The lowest BCUT2D eigenvalue weighted by atomic mass is 9.83. The molecule has 4 aromatic rings. The van der Waals surface area contributed by atoms with Crippen molar-refractivity contribution in [3.63, 3.8) is 0 Å². The van der Waals surface area contributed by atoms with Crippen molar-refractivity contribution in [1.29, 1.82) is 0 Å². The first-order chi connectivity index (χ1) is 18.4. The summed E-state index contributed by atoms with van der Waals surface area (Å²) in [6.45, 7) is 1.66. The summed E-state index contributed by atoms with van der Waals surface area (Å²) >= 11 is 7.51. The Morgan fingerprint density at radius 1 is 1.08 bits per heavy atom. The van der Waals surface area contributed by atoms with E-state index in [1.807, 2.05) is 23.6 Å². The van der Waals surface area contributed by atoms with E-state index in [9.17, 15) is 13.2 Å². The van der Waals surface area contributed by atoms with Gasteiger partial charge in [0.15, 0.2) is 5.16 Å². The Balaban J connectivity index is 1.55. The molecule has 0 saturated carbocycles. The Bertz CT molecular complexity index is 1440. The minimum Gasteiger partial charge on any atom is -0.491 e. The van der Waals surface area contributed by atoms with Crippen LogP contribution in [0.5, 0.6) is 5.75 Å². The lowest BCUT2D eigenvalue weighted by molar-refractivity contribution is 0.200. The first-order valence-electron chi connectivity index (χ1n) is 12.3. The summed E-state index contributed by atoms with van der Waals surface area (Å²) in [5.41, 5.74) is 4.66. The van der Waals surface area contributed by atoms with Gasteiger partial charge in [-0.05, 0) is 67.6 Å². The number of hydrogen-bond donors (Lipinski definition) is 1. The molecule has 0 bridgehead atoms. The van der Waals surface area contributed by atoms with Gasteiger partial charge in [0.2, 0.25) is 0 Å². The number of aromatic nitrogens is 2. The van der Waals surface area contributed by atoms with Crippen LogP contribution in [0.1, 0.15) is 46.8 Å². The molecule has 1 atom stereocenters. The third-order valence-corrected chi connectivity index (χ3v) is 8.07. The number of nitrogens with zero attached hydrogens (tertiary/aromatic N) is 2. The Morgan fingerprint density at radius 3 is 2.50 bits per heavy atom. The number of benzene rings is 3. The van der Waals surface area contributed by atoms with Crippen molar-refractivity contribution in [2.45, 2.75) is 43.0 Å². The first kappa shape index (κ1) is 26.7. The third kappa shape index (κ3) is 5.44. The number of halogens is 4. The molecule has 0 saturated heterocycles. The molecule has 1 aliphatic carbocycles. The molecule has 198 valence electrons. The standard InChI is InChI=1S/C29H26ClF3N2O2S/c1-17-13-18(5-10-24(17)30)22-3-2-4-27-28(22)35(20-8-6-19(31)7-9-20)29(34-27)38-16-23-25(32)14-21(15-26(23)33)37-12-11-36/h5-10,13-15,22,36H,2-4,11-12,16H2,1H3. The predicted molar refractivity (Wildman–Crippen MR) is 143 cm³/mol. The van der Waals surface area contributed by atoms with Crippen molar-refractivity contribution in [2.75, 3.05) is 13.2 Å². The molecule has 0 fully saturated rings. The topological polar surface area (TPSA) is 47.3 Å². The molecule has 0 aliphatic heterocycles. The maximum Gasteiger partial charge on any atom is 0.173 e. The van der Waals surface area contributed by atoms with Gasteiger partial charge in [0.1, 0.15) is 29.8 Å². The van der Waals surface area contributed by atoms with Gasteiger partial charge in [0, 0.05) is 40.1 Å². The van der Waals surface area contributed by atoms with Crippen LogP contribution in [-0.2, 0) is 12.2 Å². The van der Waals surface area contributed by atoms with Gasteiger partial charge in [-0.25, -0.2) is 18.2 Å². The molecule has 0 spiro atoms. The normalized spacial score (nSPS) is 14.9. The summed E-state index contributed by atoms with van der Waals surface area (Å²) in [7, 11) is 0. The molecule has 38 heavy (non-hydrogen) atoms. The fraction of sp³-hybridized carbons (Fsp3) is 0.276. The van der Waals surface area contributed by atoms with Crippen LogP contribution >= 0.6 is 23.4 Å². The van der Waals surface area contributed by atoms with Crippen molar-refractivity contribution in [3.05, 3.63) is 105 Å². The fourth-order valence-electron chi connectivity index (χ4n) is 4.85. The number of fused-ring (bicyclic) bond motifs is 1. The number of aryl methyl sites for hydroxylation is 2. The highest BCUT2D eigenvalue weighted by atomic mass is 35.5. The quantitative estimate of drug-likeness (QED) is 0.229. The fourth-order valence-corrected chi connectivity index (χ4v) is 6.03. The van der Waals surface area contributed by atoms with Gasteiger partial charge in [0.05, 0.1) is 18.0 Å². The van der Waals surface area contributed by atoms with Crippen LogP contribution in [0, 0.1) is 24.4 Å². The van der Waals surface area contributed by atoms with Crippen molar-refractivity contribution >= 4 is 23.4 Å². The summed E-state index contributed by atoms with van der Waals surface area (Å²) in [4.78, 5) is 4.91. The van der Waals surface area contributed by atoms with Crippen molar-refractivity contribution in [2.24, 2.45) is 0 Å². The average Bonchev–Trinajstić information content (AvgIpc) is 3.27. The molecule has 1 aromatic heterocycles. The van der Waals surface area contributed by atoms with Crippen LogP contribution < -0.4 is 4.74 Å². The molecule has 9 heteroatoms. The van der Waals surface area contributed by atoms with Gasteiger partial charge in [0.25, 0.3) is 0 Å². The van der Waals surface area contributed by atoms with Gasteiger partial charge in [-0.15, -0.1) is 0 Å². The molecule has 3 aromatic carbocycles. The summed E-state index contributed by atoms with van der Waals surface area (Å²) in [6, 6.07) is 14.4. The minimum atomic E-state index is -0.732. The molecule has 5 rings (SSSR count). The minimum absolute atomic E-state index is 0.000244. The summed E-state index contributed by atoms with van der Waals surface area (Å²) < 4.78 is 50.6. The smallest absolute Gasteiger partial charge is 0.173 e. The van der Waals surface area contributed by atoms with Crippen LogP contribution in [0.4, 0.5) is 13.2 Å². The second kappa shape index (κ2) is 11.4. The largest absolute Gasteiger partial charge is 0.491 e. The molecule has 1 N–H and O–H groups in total.